The molecule has 2 heterocycles. The average molecular weight is 439 g/mol. The summed E-state index contributed by atoms with van der Waals surface area (Å²) < 4.78 is 64.9. The highest BCUT2D eigenvalue weighted by Crippen LogP contribution is 2.24. The number of aliphatic hydroxyl groups excluding tert-OH is 1. The van der Waals surface area contributed by atoms with E-state index >= 15 is 0 Å². The summed E-state index contributed by atoms with van der Waals surface area (Å²) in [6.07, 6.45) is -10.7. The lowest BCUT2D eigenvalue weighted by Crippen LogP contribution is -2.37. The summed E-state index contributed by atoms with van der Waals surface area (Å²) in [7, 11) is 0. The fourth-order valence-corrected chi connectivity index (χ4v) is 2.54. The minimum atomic E-state index is -4.96. The Kier molecular flexibility index (Phi) is 5.71. The minimum Gasteiger partial charge on any atom is -0.382 e. The van der Waals surface area contributed by atoms with Crippen molar-refractivity contribution in [3.05, 3.63) is 51.4 Å². The molecule has 1 aromatic carbocycles. The van der Waals surface area contributed by atoms with Crippen molar-refractivity contribution in [3.63, 3.8) is 0 Å². The summed E-state index contributed by atoms with van der Waals surface area (Å²) >= 11 is 5.79. The Morgan fingerprint density at radius 3 is 2.41 bits per heavy atom. The fraction of sp³-hybridized carbons (Fsp3) is 0.333. The SMILES string of the molecule is O=c1n(Cc2nc(C(F)F)n[nH]2)nc(-c2ccc(Cl)cc2)n1C[C@H](O)C(F)(F)F. The van der Waals surface area contributed by atoms with Gasteiger partial charge in [-0.25, -0.2) is 23.2 Å². The summed E-state index contributed by atoms with van der Waals surface area (Å²) in [6.45, 7) is -1.56. The predicted octanol–water partition coefficient (Wildman–Crippen LogP) is 2.39. The highest BCUT2D eigenvalue weighted by atomic mass is 35.5. The maximum absolute atomic E-state index is 12.8. The van der Waals surface area contributed by atoms with Crippen molar-refractivity contribution in [2.24, 2.45) is 0 Å². The second kappa shape index (κ2) is 7.91. The van der Waals surface area contributed by atoms with Crippen molar-refractivity contribution in [2.45, 2.75) is 31.8 Å². The number of alkyl halides is 5. The van der Waals surface area contributed by atoms with E-state index in [1.54, 1.807) is 0 Å². The van der Waals surface area contributed by atoms with E-state index in [-0.39, 0.29) is 17.2 Å². The Labute approximate surface area is 163 Å². The Bertz CT molecular complexity index is 1040. The Hall–Kier alpha value is -2.80. The first-order chi connectivity index (χ1) is 13.6. The molecule has 8 nitrogen and oxygen atoms in total. The Balaban J connectivity index is 2.02. The van der Waals surface area contributed by atoms with E-state index < -0.39 is 43.3 Å². The molecule has 0 bridgehead atoms. The van der Waals surface area contributed by atoms with Gasteiger partial charge >= 0.3 is 11.9 Å². The number of hydrogen-bond donors (Lipinski definition) is 2. The van der Waals surface area contributed by atoms with Crippen LogP contribution in [0, 0.1) is 0 Å². The number of rotatable bonds is 6. The molecule has 3 aromatic rings. The molecular weight excluding hydrogens is 427 g/mol. The van der Waals surface area contributed by atoms with Gasteiger partial charge in [-0.2, -0.15) is 18.3 Å². The maximum Gasteiger partial charge on any atom is 0.416 e. The van der Waals surface area contributed by atoms with Crippen LogP contribution in [0.5, 0.6) is 0 Å². The van der Waals surface area contributed by atoms with Gasteiger partial charge in [0.2, 0.25) is 5.82 Å². The average Bonchev–Trinajstić information content (AvgIpc) is 3.22. The summed E-state index contributed by atoms with van der Waals surface area (Å²) in [5.74, 6) is -1.12. The van der Waals surface area contributed by atoms with Gasteiger partial charge in [-0.15, -0.1) is 5.10 Å². The van der Waals surface area contributed by atoms with Gasteiger partial charge in [0.1, 0.15) is 12.4 Å². The van der Waals surface area contributed by atoms with Crippen LogP contribution in [-0.2, 0) is 13.1 Å². The standard InChI is InChI=1S/C15H12ClF5N6O2/c16-8-3-1-7(2-4-8)13-25-27(6-10-22-12(11(17)18)24-23-10)14(29)26(13)5-9(28)15(19,20)21/h1-4,9,11,28H,5-6H2,(H,22,23,24)/t9-/m0/s1. The number of hydrogen-bond acceptors (Lipinski definition) is 5. The van der Waals surface area contributed by atoms with E-state index in [9.17, 15) is 31.9 Å². The molecule has 0 saturated heterocycles. The first kappa shape index (κ1) is 20.9. The number of benzene rings is 1. The number of aromatic amines is 1. The Morgan fingerprint density at radius 2 is 1.86 bits per heavy atom. The topological polar surface area (TPSA) is 102 Å². The number of nitrogens with zero attached hydrogens (tertiary/aromatic N) is 5. The van der Waals surface area contributed by atoms with Gasteiger partial charge in [0, 0.05) is 10.6 Å². The van der Waals surface area contributed by atoms with Crippen LogP contribution in [0.15, 0.2) is 29.1 Å². The summed E-state index contributed by atoms with van der Waals surface area (Å²) in [5.41, 5.74) is -0.751. The molecule has 0 amide bonds. The van der Waals surface area contributed by atoms with Crippen molar-refractivity contribution >= 4 is 11.6 Å². The molecule has 0 fully saturated rings. The molecule has 0 aliphatic rings. The van der Waals surface area contributed by atoms with Gasteiger partial charge in [0.05, 0.1) is 6.54 Å². The van der Waals surface area contributed by atoms with Crippen LogP contribution in [0.25, 0.3) is 11.4 Å². The summed E-state index contributed by atoms with van der Waals surface area (Å²) in [4.78, 5) is 16.1. The van der Waals surface area contributed by atoms with Gasteiger partial charge < -0.3 is 5.11 Å². The van der Waals surface area contributed by atoms with Gasteiger partial charge in [0.15, 0.2) is 11.9 Å². The van der Waals surface area contributed by atoms with Crippen LogP contribution < -0.4 is 5.69 Å². The van der Waals surface area contributed by atoms with E-state index in [0.29, 0.717) is 9.59 Å². The first-order valence-corrected chi connectivity index (χ1v) is 8.31. The van der Waals surface area contributed by atoms with E-state index in [1.165, 1.54) is 24.3 Å². The first-order valence-electron chi connectivity index (χ1n) is 7.94. The molecule has 0 radical (unpaired) electrons. The van der Waals surface area contributed by atoms with Crippen LogP contribution in [0.4, 0.5) is 22.0 Å². The molecule has 0 aliphatic heterocycles. The van der Waals surface area contributed by atoms with E-state index in [0.717, 1.165) is 4.68 Å². The van der Waals surface area contributed by atoms with Crippen molar-refractivity contribution in [1.29, 1.82) is 0 Å². The summed E-state index contributed by atoms with van der Waals surface area (Å²) in [6, 6.07) is 5.73. The minimum absolute atomic E-state index is 0.147. The number of halogens is 6. The maximum atomic E-state index is 12.8. The second-order valence-corrected chi connectivity index (χ2v) is 6.32. The lowest BCUT2D eigenvalue weighted by Gasteiger charge is -2.15. The lowest BCUT2D eigenvalue weighted by atomic mass is 10.2. The van der Waals surface area contributed by atoms with Crippen LogP contribution in [0.1, 0.15) is 18.1 Å². The largest absolute Gasteiger partial charge is 0.416 e. The number of nitrogens with one attached hydrogen (secondary N) is 1. The molecular formula is C15H12ClF5N6O2. The van der Waals surface area contributed by atoms with Gasteiger partial charge in [-0.1, -0.05) is 11.6 Å². The smallest absolute Gasteiger partial charge is 0.382 e. The molecule has 2 N–H and O–H groups in total. The highest BCUT2D eigenvalue weighted by molar-refractivity contribution is 6.30. The van der Waals surface area contributed by atoms with Crippen LogP contribution in [0.3, 0.4) is 0 Å². The zero-order valence-electron chi connectivity index (χ0n) is 14.2. The molecule has 2 aromatic heterocycles. The van der Waals surface area contributed by atoms with Crippen LogP contribution >= 0.6 is 11.6 Å². The number of aromatic nitrogens is 6. The lowest BCUT2D eigenvalue weighted by molar-refractivity contribution is -0.207. The quantitative estimate of drug-likeness (QED) is 0.575. The fourth-order valence-electron chi connectivity index (χ4n) is 2.42. The number of aliphatic hydroxyl groups is 1. The number of H-pyrrole nitrogens is 1. The molecule has 14 heteroatoms. The molecule has 156 valence electrons. The van der Waals surface area contributed by atoms with Crippen molar-refractivity contribution in [2.75, 3.05) is 0 Å². The normalized spacial score (nSPS) is 13.2. The van der Waals surface area contributed by atoms with Gasteiger partial charge in [0.25, 0.3) is 6.43 Å². The molecule has 0 saturated carbocycles. The molecule has 0 aliphatic carbocycles. The van der Waals surface area contributed by atoms with Gasteiger partial charge in [-0.05, 0) is 24.3 Å². The summed E-state index contributed by atoms with van der Waals surface area (Å²) in [5, 5.41) is 19.2. The molecule has 0 unspecified atom stereocenters. The molecule has 29 heavy (non-hydrogen) atoms. The molecule has 1 atom stereocenters. The van der Waals surface area contributed by atoms with E-state index in [1.807, 2.05) is 0 Å². The molecule has 3 rings (SSSR count). The zero-order valence-corrected chi connectivity index (χ0v) is 15.0. The van der Waals surface area contributed by atoms with Crippen molar-refractivity contribution in [1.82, 2.24) is 29.5 Å². The predicted molar refractivity (Wildman–Crippen MR) is 89.4 cm³/mol. The van der Waals surface area contributed by atoms with E-state index in [4.69, 9.17) is 11.6 Å². The van der Waals surface area contributed by atoms with Crippen molar-refractivity contribution in [3.8, 4) is 11.4 Å². The van der Waals surface area contributed by atoms with Gasteiger partial charge in [-0.3, -0.25) is 9.67 Å². The monoisotopic (exact) mass is 438 g/mol. The van der Waals surface area contributed by atoms with Crippen LogP contribution in [-0.4, -0.2) is 46.9 Å². The Morgan fingerprint density at radius 1 is 1.21 bits per heavy atom. The van der Waals surface area contributed by atoms with Crippen molar-refractivity contribution < 1.29 is 27.1 Å². The third kappa shape index (κ3) is 4.62. The second-order valence-electron chi connectivity index (χ2n) is 5.88. The third-order valence-electron chi connectivity index (χ3n) is 3.80. The molecule has 0 spiro atoms. The highest BCUT2D eigenvalue weighted by Gasteiger charge is 2.39. The third-order valence-corrected chi connectivity index (χ3v) is 4.05. The van der Waals surface area contributed by atoms with E-state index in [2.05, 4.69) is 20.3 Å². The zero-order chi connectivity index (χ0) is 21.3. The van der Waals surface area contributed by atoms with Crippen LogP contribution in [0.2, 0.25) is 5.02 Å².